The van der Waals surface area contributed by atoms with Crippen molar-refractivity contribution in [3.63, 3.8) is 0 Å². The van der Waals surface area contributed by atoms with Crippen molar-refractivity contribution < 1.29 is 12.8 Å². The molecule has 0 amide bonds. The summed E-state index contributed by atoms with van der Waals surface area (Å²) in [4.78, 5) is 11.5. The Morgan fingerprint density at radius 2 is 1.71 bits per heavy atom. The molecule has 0 radical (unpaired) electrons. The first-order chi connectivity index (χ1) is 13.3. The molecular formula is C21H24N2O4S. The van der Waals surface area contributed by atoms with Crippen LogP contribution in [0.5, 0.6) is 0 Å². The van der Waals surface area contributed by atoms with Crippen molar-refractivity contribution in [2.24, 2.45) is 0 Å². The molecule has 6 nitrogen and oxygen atoms in total. The van der Waals surface area contributed by atoms with E-state index in [2.05, 4.69) is 10.0 Å². The van der Waals surface area contributed by atoms with Crippen molar-refractivity contribution in [2.45, 2.75) is 39.0 Å². The first-order valence-corrected chi connectivity index (χ1v) is 10.7. The van der Waals surface area contributed by atoms with Crippen LogP contribution in [0.15, 0.2) is 57.7 Å². The Morgan fingerprint density at radius 1 is 1.00 bits per heavy atom. The Morgan fingerprint density at radius 3 is 2.36 bits per heavy atom. The average molecular weight is 401 g/mol. The van der Waals surface area contributed by atoms with Crippen LogP contribution in [-0.4, -0.2) is 13.7 Å². The average Bonchev–Trinajstić information content (AvgIpc) is 2.66. The van der Waals surface area contributed by atoms with Gasteiger partial charge < -0.3 is 9.73 Å². The zero-order valence-corrected chi connectivity index (χ0v) is 17.0. The standard InChI is InChI=1S/C21H24N2O4S/c1-4-16-11-19(12-17-7-10-20(24)27-21(16)17)22-13-15-5-8-18(9-6-15)23-28(25,26)14(2)3/h5-12,14,22-23H,4,13H2,1-3H3. The summed E-state index contributed by atoms with van der Waals surface area (Å²) in [6.45, 7) is 5.88. The molecule has 7 heteroatoms. The van der Waals surface area contributed by atoms with Gasteiger partial charge in [-0.3, -0.25) is 4.72 Å². The second kappa shape index (κ2) is 8.06. The molecule has 2 N–H and O–H groups in total. The zero-order chi connectivity index (χ0) is 20.3. The second-order valence-electron chi connectivity index (χ2n) is 6.91. The summed E-state index contributed by atoms with van der Waals surface area (Å²) >= 11 is 0. The van der Waals surface area contributed by atoms with Crippen molar-refractivity contribution in [2.75, 3.05) is 10.0 Å². The van der Waals surface area contributed by atoms with Gasteiger partial charge in [0.05, 0.1) is 5.25 Å². The molecule has 0 bridgehead atoms. The fourth-order valence-electron chi connectivity index (χ4n) is 2.80. The lowest BCUT2D eigenvalue weighted by atomic mass is 10.1. The van der Waals surface area contributed by atoms with Gasteiger partial charge in [0.25, 0.3) is 0 Å². The first-order valence-electron chi connectivity index (χ1n) is 9.19. The molecular weight excluding hydrogens is 376 g/mol. The number of benzene rings is 2. The van der Waals surface area contributed by atoms with Crippen LogP contribution >= 0.6 is 0 Å². The second-order valence-corrected chi connectivity index (χ2v) is 9.14. The van der Waals surface area contributed by atoms with E-state index in [1.807, 2.05) is 31.2 Å². The number of nitrogens with one attached hydrogen (secondary N) is 2. The normalized spacial score (nSPS) is 11.7. The number of aryl methyl sites for hydroxylation is 1. The SMILES string of the molecule is CCc1cc(NCc2ccc(NS(=O)(=O)C(C)C)cc2)cc2ccc(=O)oc12. The monoisotopic (exact) mass is 400 g/mol. The minimum atomic E-state index is -3.35. The fraction of sp³-hybridized carbons (Fsp3) is 0.286. The molecule has 1 heterocycles. The highest BCUT2D eigenvalue weighted by Crippen LogP contribution is 2.24. The third-order valence-corrected chi connectivity index (χ3v) is 6.27. The summed E-state index contributed by atoms with van der Waals surface area (Å²) < 4.78 is 31.8. The highest BCUT2D eigenvalue weighted by molar-refractivity contribution is 7.93. The molecule has 0 aliphatic heterocycles. The van der Waals surface area contributed by atoms with Crippen LogP contribution in [-0.2, 0) is 23.0 Å². The summed E-state index contributed by atoms with van der Waals surface area (Å²) in [5.41, 5.74) is 3.74. The minimum absolute atomic E-state index is 0.351. The quantitative estimate of drug-likeness (QED) is 0.583. The fourth-order valence-corrected chi connectivity index (χ4v) is 3.50. The van der Waals surface area contributed by atoms with Gasteiger partial charge in [-0.05, 0) is 61.7 Å². The maximum atomic E-state index is 11.9. The Balaban J connectivity index is 1.74. The van der Waals surface area contributed by atoms with E-state index in [9.17, 15) is 13.2 Å². The van der Waals surface area contributed by atoms with Crippen molar-refractivity contribution >= 4 is 32.4 Å². The van der Waals surface area contributed by atoms with Crippen LogP contribution < -0.4 is 15.7 Å². The van der Waals surface area contributed by atoms with Crippen LogP contribution in [0, 0.1) is 0 Å². The van der Waals surface area contributed by atoms with Gasteiger partial charge in [-0.2, -0.15) is 0 Å². The third-order valence-electron chi connectivity index (χ3n) is 4.51. The molecule has 0 fully saturated rings. The first kappa shape index (κ1) is 19.9. The molecule has 28 heavy (non-hydrogen) atoms. The Bertz CT molecular complexity index is 1130. The van der Waals surface area contributed by atoms with E-state index in [0.29, 0.717) is 17.8 Å². The largest absolute Gasteiger partial charge is 0.422 e. The van der Waals surface area contributed by atoms with Crippen LogP contribution in [0.2, 0.25) is 0 Å². The van der Waals surface area contributed by atoms with E-state index < -0.39 is 15.3 Å². The summed E-state index contributed by atoms with van der Waals surface area (Å²) in [7, 11) is -3.35. The lowest BCUT2D eigenvalue weighted by Crippen LogP contribution is -2.22. The smallest absolute Gasteiger partial charge is 0.336 e. The maximum absolute atomic E-state index is 11.9. The zero-order valence-electron chi connectivity index (χ0n) is 16.2. The van der Waals surface area contributed by atoms with E-state index in [1.54, 1.807) is 32.0 Å². The van der Waals surface area contributed by atoms with Gasteiger partial charge in [0.1, 0.15) is 5.58 Å². The molecule has 3 aromatic rings. The predicted octanol–water partition coefficient (Wildman–Crippen LogP) is 4.12. The topological polar surface area (TPSA) is 88.4 Å². The van der Waals surface area contributed by atoms with Crippen molar-refractivity contribution in [1.29, 1.82) is 0 Å². The number of hydrogen-bond acceptors (Lipinski definition) is 5. The minimum Gasteiger partial charge on any atom is -0.422 e. The molecule has 0 aliphatic carbocycles. The molecule has 0 atom stereocenters. The van der Waals surface area contributed by atoms with Gasteiger partial charge in [0.15, 0.2) is 0 Å². The van der Waals surface area contributed by atoms with Crippen LogP contribution in [0.25, 0.3) is 11.0 Å². The number of rotatable bonds is 7. The van der Waals surface area contributed by atoms with E-state index >= 15 is 0 Å². The lowest BCUT2D eigenvalue weighted by Gasteiger charge is -2.12. The molecule has 0 aliphatic rings. The molecule has 0 saturated carbocycles. The summed E-state index contributed by atoms with van der Waals surface area (Å²) in [6.07, 6.45) is 0.754. The Hall–Kier alpha value is -2.80. The van der Waals surface area contributed by atoms with Gasteiger partial charge in [-0.25, -0.2) is 13.2 Å². The maximum Gasteiger partial charge on any atom is 0.336 e. The predicted molar refractivity (Wildman–Crippen MR) is 113 cm³/mol. The highest BCUT2D eigenvalue weighted by Gasteiger charge is 2.15. The molecule has 2 aromatic carbocycles. The van der Waals surface area contributed by atoms with E-state index in [0.717, 1.165) is 28.6 Å². The van der Waals surface area contributed by atoms with Gasteiger partial charge in [-0.1, -0.05) is 19.1 Å². The number of fused-ring (bicyclic) bond motifs is 1. The van der Waals surface area contributed by atoms with E-state index in [-0.39, 0.29) is 5.63 Å². The highest BCUT2D eigenvalue weighted by atomic mass is 32.2. The molecule has 1 aromatic heterocycles. The van der Waals surface area contributed by atoms with E-state index in [1.165, 1.54) is 6.07 Å². The summed E-state index contributed by atoms with van der Waals surface area (Å²) in [6, 6.07) is 14.4. The molecule has 0 saturated heterocycles. The van der Waals surface area contributed by atoms with Gasteiger partial charge in [-0.15, -0.1) is 0 Å². The molecule has 0 spiro atoms. The van der Waals surface area contributed by atoms with Crippen molar-refractivity contribution in [3.8, 4) is 0 Å². The summed E-state index contributed by atoms with van der Waals surface area (Å²) in [5.74, 6) is 0. The van der Waals surface area contributed by atoms with Gasteiger partial charge in [0, 0.05) is 29.4 Å². The van der Waals surface area contributed by atoms with E-state index in [4.69, 9.17) is 4.42 Å². The number of anilines is 2. The summed E-state index contributed by atoms with van der Waals surface area (Å²) in [5, 5.41) is 3.76. The lowest BCUT2D eigenvalue weighted by molar-refractivity contribution is 0.557. The Kier molecular flexibility index (Phi) is 5.74. The van der Waals surface area contributed by atoms with Crippen molar-refractivity contribution in [1.82, 2.24) is 0 Å². The van der Waals surface area contributed by atoms with Gasteiger partial charge >= 0.3 is 5.63 Å². The van der Waals surface area contributed by atoms with Crippen molar-refractivity contribution in [3.05, 3.63) is 70.1 Å². The van der Waals surface area contributed by atoms with Crippen LogP contribution in [0.3, 0.4) is 0 Å². The molecule has 148 valence electrons. The number of sulfonamides is 1. The third kappa shape index (κ3) is 4.54. The van der Waals surface area contributed by atoms with Gasteiger partial charge in [0.2, 0.25) is 10.0 Å². The molecule has 0 unspecified atom stereocenters. The Labute approximate surface area is 164 Å². The van der Waals surface area contributed by atoms with Crippen LogP contribution in [0.4, 0.5) is 11.4 Å². The molecule has 3 rings (SSSR count). The number of hydrogen-bond donors (Lipinski definition) is 2. The van der Waals surface area contributed by atoms with Crippen LogP contribution in [0.1, 0.15) is 31.9 Å².